The summed E-state index contributed by atoms with van der Waals surface area (Å²) in [6, 6.07) is 17.6. The van der Waals surface area contributed by atoms with E-state index in [9.17, 15) is 0 Å². The van der Waals surface area contributed by atoms with E-state index >= 15 is 0 Å². The highest BCUT2D eigenvalue weighted by molar-refractivity contribution is 6.07. The zero-order valence-electron chi connectivity index (χ0n) is 12.8. The normalized spacial score (nSPS) is 16.0. The summed E-state index contributed by atoms with van der Waals surface area (Å²) in [5.74, 6) is 0. The molecule has 116 valence electrons. The Morgan fingerprint density at radius 3 is 1.82 bits per heavy atom. The lowest BCUT2D eigenvalue weighted by atomic mass is 10.1. The Balaban J connectivity index is 0.00000144. The average molecular weight is 314 g/mol. The molecular formula is C19H22ClN2-. The molecule has 1 aliphatic heterocycles. The van der Waals surface area contributed by atoms with E-state index in [0.717, 1.165) is 6.54 Å². The molecular weight excluding hydrogens is 292 g/mol. The van der Waals surface area contributed by atoms with Crippen LogP contribution in [0.1, 0.15) is 19.3 Å². The highest BCUT2D eigenvalue weighted by atomic mass is 35.5. The summed E-state index contributed by atoms with van der Waals surface area (Å²) in [7, 11) is 0. The first-order valence-electron chi connectivity index (χ1n) is 8.12. The molecule has 1 fully saturated rings. The van der Waals surface area contributed by atoms with E-state index in [4.69, 9.17) is 0 Å². The van der Waals surface area contributed by atoms with E-state index in [1.54, 1.807) is 0 Å². The number of fused-ring (bicyclic) bond motifs is 3. The molecule has 1 saturated heterocycles. The van der Waals surface area contributed by atoms with Crippen molar-refractivity contribution in [2.24, 2.45) is 0 Å². The van der Waals surface area contributed by atoms with Gasteiger partial charge in [-0.25, -0.2) is 0 Å². The van der Waals surface area contributed by atoms with Crippen molar-refractivity contribution in [3.8, 4) is 0 Å². The number of benzene rings is 2. The first kappa shape index (κ1) is 15.4. The van der Waals surface area contributed by atoms with Gasteiger partial charge in [0.1, 0.15) is 0 Å². The highest BCUT2D eigenvalue weighted by Crippen LogP contribution is 2.28. The van der Waals surface area contributed by atoms with Crippen LogP contribution in [0.2, 0.25) is 0 Å². The van der Waals surface area contributed by atoms with Crippen LogP contribution in [-0.2, 0) is 6.54 Å². The summed E-state index contributed by atoms with van der Waals surface area (Å²) in [5, 5.41) is 2.76. The van der Waals surface area contributed by atoms with Crippen molar-refractivity contribution in [3.63, 3.8) is 0 Å². The Morgan fingerprint density at radius 1 is 0.682 bits per heavy atom. The molecule has 22 heavy (non-hydrogen) atoms. The SMILES string of the molecule is [Cl-].c1ccc2c(c1)c1ccccc1n2CCN1CCCCC1. The summed E-state index contributed by atoms with van der Waals surface area (Å²) >= 11 is 0. The van der Waals surface area contributed by atoms with Gasteiger partial charge in [-0.15, -0.1) is 0 Å². The number of piperidine rings is 1. The molecule has 0 spiro atoms. The maximum Gasteiger partial charge on any atom is 0.0491 e. The summed E-state index contributed by atoms with van der Waals surface area (Å²) < 4.78 is 2.50. The molecule has 2 heterocycles. The van der Waals surface area contributed by atoms with Gasteiger partial charge in [-0.1, -0.05) is 42.8 Å². The maximum atomic E-state index is 2.62. The Hall–Kier alpha value is -1.51. The molecule has 0 atom stereocenters. The number of hydrogen-bond donors (Lipinski definition) is 0. The lowest BCUT2D eigenvalue weighted by Crippen LogP contribution is -3.00. The Morgan fingerprint density at radius 2 is 1.23 bits per heavy atom. The van der Waals surface area contributed by atoms with E-state index in [2.05, 4.69) is 58.0 Å². The second-order valence-corrected chi connectivity index (χ2v) is 6.09. The number of nitrogens with zero attached hydrogens (tertiary/aromatic N) is 2. The minimum Gasteiger partial charge on any atom is -1.00 e. The van der Waals surface area contributed by atoms with Gasteiger partial charge in [0.2, 0.25) is 0 Å². The summed E-state index contributed by atoms with van der Waals surface area (Å²) in [5.41, 5.74) is 2.74. The molecule has 1 aromatic heterocycles. The number of likely N-dealkylation sites (tertiary alicyclic amines) is 1. The zero-order valence-corrected chi connectivity index (χ0v) is 13.6. The first-order valence-corrected chi connectivity index (χ1v) is 8.12. The third kappa shape index (κ3) is 2.73. The number of aromatic nitrogens is 1. The van der Waals surface area contributed by atoms with Crippen LogP contribution in [0, 0.1) is 0 Å². The molecule has 0 saturated carbocycles. The molecule has 0 unspecified atom stereocenters. The fraction of sp³-hybridized carbons (Fsp3) is 0.368. The van der Waals surface area contributed by atoms with Crippen molar-refractivity contribution < 1.29 is 12.4 Å². The Labute approximate surface area is 138 Å². The van der Waals surface area contributed by atoms with Crippen LogP contribution in [0.15, 0.2) is 48.5 Å². The fourth-order valence-corrected chi connectivity index (χ4v) is 3.67. The summed E-state index contributed by atoms with van der Waals surface area (Å²) in [6.07, 6.45) is 4.15. The van der Waals surface area contributed by atoms with Crippen molar-refractivity contribution in [2.45, 2.75) is 25.8 Å². The van der Waals surface area contributed by atoms with Crippen molar-refractivity contribution >= 4 is 21.8 Å². The van der Waals surface area contributed by atoms with Gasteiger partial charge < -0.3 is 21.9 Å². The van der Waals surface area contributed by atoms with Gasteiger partial charge in [0.25, 0.3) is 0 Å². The van der Waals surface area contributed by atoms with Gasteiger partial charge in [-0.05, 0) is 38.1 Å². The van der Waals surface area contributed by atoms with Gasteiger partial charge in [-0.2, -0.15) is 0 Å². The molecule has 4 rings (SSSR count). The molecule has 0 radical (unpaired) electrons. The summed E-state index contributed by atoms with van der Waals surface area (Å²) in [4.78, 5) is 2.62. The molecule has 3 aromatic rings. The van der Waals surface area contributed by atoms with Crippen LogP contribution >= 0.6 is 0 Å². The minimum atomic E-state index is 0. The van der Waals surface area contributed by atoms with Crippen LogP contribution in [0.25, 0.3) is 21.8 Å². The number of hydrogen-bond acceptors (Lipinski definition) is 1. The fourth-order valence-electron chi connectivity index (χ4n) is 3.67. The third-order valence-electron chi connectivity index (χ3n) is 4.77. The minimum absolute atomic E-state index is 0. The first-order chi connectivity index (χ1) is 10.4. The van der Waals surface area contributed by atoms with Crippen molar-refractivity contribution in [3.05, 3.63) is 48.5 Å². The molecule has 0 bridgehead atoms. The third-order valence-corrected chi connectivity index (χ3v) is 4.77. The van der Waals surface area contributed by atoms with Crippen molar-refractivity contribution in [2.75, 3.05) is 19.6 Å². The average Bonchev–Trinajstić information content (AvgIpc) is 2.88. The number of rotatable bonds is 3. The Kier molecular flexibility index (Phi) is 4.70. The predicted molar refractivity (Wildman–Crippen MR) is 89.7 cm³/mol. The van der Waals surface area contributed by atoms with Crippen molar-refractivity contribution in [1.82, 2.24) is 9.47 Å². The standard InChI is InChI=1S/C19H22N2.ClH/c1-6-12-20(13-7-1)14-15-21-18-10-4-2-8-16(18)17-9-3-5-11-19(17)21;/h2-5,8-11H,1,6-7,12-15H2;1H/p-1. The molecule has 3 heteroatoms. The van der Waals surface area contributed by atoms with Crippen LogP contribution in [-0.4, -0.2) is 29.1 Å². The van der Waals surface area contributed by atoms with Gasteiger partial charge in [0, 0.05) is 34.9 Å². The van der Waals surface area contributed by atoms with E-state index in [0.29, 0.717) is 0 Å². The van der Waals surface area contributed by atoms with Gasteiger partial charge in [0.15, 0.2) is 0 Å². The second-order valence-electron chi connectivity index (χ2n) is 6.09. The van der Waals surface area contributed by atoms with Crippen LogP contribution in [0.4, 0.5) is 0 Å². The van der Waals surface area contributed by atoms with E-state index < -0.39 is 0 Å². The van der Waals surface area contributed by atoms with Crippen LogP contribution in [0.3, 0.4) is 0 Å². The van der Waals surface area contributed by atoms with Crippen LogP contribution < -0.4 is 12.4 Å². The van der Waals surface area contributed by atoms with Gasteiger partial charge in [0.05, 0.1) is 0 Å². The summed E-state index contributed by atoms with van der Waals surface area (Å²) in [6.45, 7) is 4.81. The van der Waals surface area contributed by atoms with E-state index in [-0.39, 0.29) is 12.4 Å². The predicted octanol–water partition coefficient (Wildman–Crippen LogP) is 1.28. The topological polar surface area (TPSA) is 8.17 Å². The van der Waals surface area contributed by atoms with Crippen LogP contribution in [0.5, 0.6) is 0 Å². The molecule has 2 nitrogen and oxygen atoms in total. The highest BCUT2D eigenvalue weighted by Gasteiger charge is 2.13. The van der Waals surface area contributed by atoms with Gasteiger partial charge >= 0.3 is 0 Å². The van der Waals surface area contributed by atoms with E-state index in [1.165, 1.54) is 60.7 Å². The zero-order chi connectivity index (χ0) is 14.1. The smallest absolute Gasteiger partial charge is 0.0491 e. The largest absolute Gasteiger partial charge is 1.00 e. The quantitative estimate of drug-likeness (QED) is 0.707. The number of halogens is 1. The Bertz CT molecular complexity index is 703. The lowest BCUT2D eigenvalue weighted by Gasteiger charge is -2.26. The molecule has 1 aliphatic rings. The second kappa shape index (κ2) is 6.72. The molecule has 0 amide bonds. The number of para-hydroxylation sites is 2. The lowest BCUT2D eigenvalue weighted by molar-refractivity contribution is -0.00000415. The van der Waals surface area contributed by atoms with Crippen molar-refractivity contribution in [1.29, 1.82) is 0 Å². The molecule has 0 aliphatic carbocycles. The molecule has 0 N–H and O–H groups in total. The van der Waals surface area contributed by atoms with E-state index in [1.807, 2.05) is 0 Å². The molecule has 2 aromatic carbocycles. The maximum absolute atomic E-state index is 2.62. The monoisotopic (exact) mass is 313 g/mol. The van der Waals surface area contributed by atoms with Gasteiger partial charge in [-0.3, -0.25) is 0 Å².